The number of carbonyl (C=O) groups excluding carboxylic acids is 1. The highest BCUT2D eigenvalue weighted by molar-refractivity contribution is 5.76. The number of nitrogens with one attached hydrogen (secondary N) is 1. The zero-order valence-electron chi connectivity index (χ0n) is 11.7. The van der Waals surface area contributed by atoms with E-state index in [0.717, 1.165) is 25.0 Å². The quantitative estimate of drug-likeness (QED) is 0.854. The third-order valence-corrected chi connectivity index (χ3v) is 3.65. The van der Waals surface area contributed by atoms with Crippen LogP contribution >= 0.6 is 0 Å². The van der Waals surface area contributed by atoms with Crippen LogP contribution in [0.3, 0.4) is 0 Å². The van der Waals surface area contributed by atoms with Crippen molar-refractivity contribution in [3.63, 3.8) is 0 Å². The summed E-state index contributed by atoms with van der Waals surface area (Å²) in [5, 5.41) is 3.06. The summed E-state index contributed by atoms with van der Waals surface area (Å²) < 4.78 is 5.58. The third kappa shape index (κ3) is 4.58. The number of amides is 1. The Labute approximate surface area is 115 Å². The molecule has 104 valence electrons. The van der Waals surface area contributed by atoms with Gasteiger partial charge in [-0.15, -0.1) is 0 Å². The lowest BCUT2D eigenvalue weighted by molar-refractivity contribution is -0.122. The molecule has 0 bridgehead atoms. The van der Waals surface area contributed by atoms with Crippen LogP contribution in [0.1, 0.15) is 44.6 Å². The molecule has 1 aliphatic carbocycles. The Hall–Kier alpha value is -1.51. The SMILES string of the molecule is CCc1ccc(OCCC(=O)NC2CCCC2)cc1. The molecule has 3 heteroatoms. The molecule has 1 amide bonds. The standard InChI is InChI=1S/C16H23NO2/c1-2-13-7-9-15(10-8-13)19-12-11-16(18)17-14-5-3-4-6-14/h7-10,14H,2-6,11-12H2,1H3,(H,17,18). The van der Waals surface area contributed by atoms with E-state index in [2.05, 4.69) is 24.4 Å². The molecule has 1 aliphatic rings. The Balaban J connectivity index is 1.65. The van der Waals surface area contributed by atoms with E-state index in [1.807, 2.05) is 12.1 Å². The first kappa shape index (κ1) is 13.9. The molecule has 0 heterocycles. The van der Waals surface area contributed by atoms with Crippen LogP contribution in [-0.2, 0) is 11.2 Å². The van der Waals surface area contributed by atoms with Gasteiger partial charge in [0.25, 0.3) is 0 Å². The van der Waals surface area contributed by atoms with Gasteiger partial charge in [-0.05, 0) is 37.0 Å². The fraction of sp³-hybridized carbons (Fsp3) is 0.562. The molecule has 2 rings (SSSR count). The van der Waals surface area contributed by atoms with Crippen molar-refractivity contribution in [1.82, 2.24) is 5.32 Å². The Morgan fingerprint density at radius 1 is 1.26 bits per heavy atom. The second-order valence-electron chi connectivity index (χ2n) is 5.14. The Morgan fingerprint density at radius 3 is 2.58 bits per heavy atom. The Morgan fingerprint density at radius 2 is 1.95 bits per heavy atom. The predicted molar refractivity (Wildman–Crippen MR) is 76.3 cm³/mol. The highest BCUT2D eigenvalue weighted by Crippen LogP contribution is 2.17. The molecule has 0 spiro atoms. The lowest BCUT2D eigenvalue weighted by Crippen LogP contribution is -2.33. The maximum atomic E-state index is 11.7. The molecule has 19 heavy (non-hydrogen) atoms. The lowest BCUT2D eigenvalue weighted by atomic mass is 10.2. The fourth-order valence-corrected chi connectivity index (χ4v) is 2.45. The van der Waals surface area contributed by atoms with Crippen molar-refractivity contribution in [2.45, 2.75) is 51.5 Å². The summed E-state index contributed by atoms with van der Waals surface area (Å²) in [5.74, 6) is 0.947. The van der Waals surface area contributed by atoms with Crippen molar-refractivity contribution < 1.29 is 9.53 Å². The molecule has 0 radical (unpaired) electrons. The molecule has 3 nitrogen and oxygen atoms in total. The normalized spacial score (nSPS) is 15.4. The molecule has 1 aromatic carbocycles. The number of rotatable bonds is 6. The first-order valence-electron chi connectivity index (χ1n) is 7.29. The van der Waals surface area contributed by atoms with Crippen LogP contribution in [0.25, 0.3) is 0 Å². The number of aryl methyl sites for hydroxylation is 1. The minimum atomic E-state index is 0.108. The average Bonchev–Trinajstić information content (AvgIpc) is 2.92. The lowest BCUT2D eigenvalue weighted by Gasteiger charge is -2.12. The van der Waals surface area contributed by atoms with Crippen molar-refractivity contribution in [3.8, 4) is 5.75 Å². The summed E-state index contributed by atoms with van der Waals surface area (Å²) in [6, 6.07) is 8.46. The second-order valence-corrected chi connectivity index (χ2v) is 5.14. The minimum Gasteiger partial charge on any atom is -0.493 e. The van der Waals surface area contributed by atoms with Crippen molar-refractivity contribution >= 4 is 5.91 Å². The largest absolute Gasteiger partial charge is 0.493 e. The van der Waals surface area contributed by atoms with Gasteiger partial charge in [-0.2, -0.15) is 0 Å². The van der Waals surface area contributed by atoms with Crippen LogP contribution in [0, 0.1) is 0 Å². The topological polar surface area (TPSA) is 38.3 Å². The van der Waals surface area contributed by atoms with Crippen LogP contribution in [0.5, 0.6) is 5.75 Å². The van der Waals surface area contributed by atoms with Gasteiger partial charge in [-0.3, -0.25) is 4.79 Å². The molecule has 0 saturated heterocycles. The van der Waals surface area contributed by atoms with Crippen molar-refractivity contribution in [2.75, 3.05) is 6.61 Å². The first-order chi connectivity index (χ1) is 9.28. The van der Waals surface area contributed by atoms with Crippen LogP contribution in [0.2, 0.25) is 0 Å². The van der Waals surface area contributed by atoms with E-state index in [0.29, 0.717) is 19.1 Å². The van der Waals surface area contributed by atoms with Gasteiger partial charge in [0.05, 0.1) is 13.0 Å². The summed E-state index contributed by atoms with van der Waals surface area (Å²) in [5.41, 5.74) is 1.30. The molecule has 0 aliphatic heterocycles. The fourth-order valence-electron chi connectivity index (χ4n) is 2.45. The van der Waals surface area contributed by atoms with Gasteiger partial charge < -0.3 is 10.1 Å². The van der Waals surface area contributed by atoms with E-state index in [-0.39, 0.29) is 5.91 Å². The van der Waals surface area contributed by atoms with E-state index in [1.54, 1.807) is 0 Å². The van der Waals surface area contributed by atoms with Crippen molar-refractivity contribution in [1.29, 1.82) is 0 Å². The summed E-state index contributed by atoms with van der Waals surface area (Å²) >= 11 is 0. The van der Waals surface area contributed by atoms with E-state index in [1.165, 1.54) is 18.4 Å². The molecular weight excluding hydrogens is 238 g/mol. The third-order valence-electron chi connectivity index (χ3n) is 3.65. The predicted octanol–water partition coefficient (Wildman–Crippen LogP) is 3.08. The van der Waals surface area contributed by atoms with E-state index in [9.17, 15) is 4.79 Å². The summed E-state index contributed by atoms with van der Waals surface area (Å²) in [6.45, 7) is 2.58. The smallest absolute Gasteiger partial charge is 0.223 e. The van der Waals surface area contributed by atoms with Crippen LogP contribution in [-0.4, -0.2) is 18.6 Å². The monoisotopic (exact) mass is 261 g/mol. The average molecular weight is 261 g/mol. The van der Waals surface area contributed by atoms with E-state index >= 15 is 0 Å². The van der Waals surface area contributed by atoms with Gasteiger partial charge >= 0.3 is 0 Å². The van der Waals surface area contributed by atoms with Crippen LogP contribution < -0.4 is 10.1 Å². The van der Waals surface area contributed by atoms with Gasteiger partial charge in [-0.25, -0.2) is 0 Å². The van der Waals surface area contributed by atoms with E-state index in [4.69, 9.17) is 4.74 Å². The first-order valence-corrected chi connectivity index (χ1v) is 7.29. The minimum absolute atomic E-state index is 0.108. The molecule has 0 unspecified atom stereocenters. The zero-order chi connectivity index (χ0) is 13.5. The molecule has 1 saturated carbocycles. The van der Waals surface area contributed by atoms with Crippen molar-refractivity contribution in [3.05, 3.63) is 29.8 Å². The molecular formula is C16H23NO2. The number of hydrogen-bond acceptors (Lipinski definition) is 2. The van der Waals surface area contributed by atoms with E-state index < -0.39 is 0 Å². The summed E-state index contributed by atoms with van der Waals surface area (Å²) in [7, 11) is 0. The maximum Gasteiger partial charge on any atom is 0.223 e. The Kier molecular flexibility index (Phi) is 5.25. The molecule has 1 N–H and O–H groups in total. The zero-order valence-corrected chi connectivity index (χ0v) is 11.7. The van der Waals surface area contributed by atoms with Gasteiger partial charge in [0.15, 0.2) is 0 Å². The molecule has 0 atom stereocenters. The number of ether oxygens (including phenoxy) is 1. The molecule has 1 aromatic rings. The van der Waals surface area contributed by atoms with Gasteiger partial charge in [0.2, 0.25) is 5.91 Å². The summed E-state index contributed by atoms with van der Waals surface area (Å²) in [6.07, 6.45) is 6.21. The molecule has 0 aromatic heterocycles. The van der Waals surface area contributed by atoms with Gasteiger partial charge in [0, 0.05) is 6.04 Å². The maximum absolute atomic E-state index is 11.7. The van der Waals surface area contributed by atoms with Crippen LogP contribution in [0.4, 0.5) is 0 Å². The number of hydrogen-bond donors (Lipinski definition) is 1. The van der Waals surface area contributed by atoms with Crippen LogP contribution in [0.15, 0.2) is 24.3 Å². The highest BCUT2D eigenvalue weighted by atomic mass is 16.5. The van der Waals surface area contributed by atoms with Crippen molar-refractivity contribution in [2.24, 2.45) is 0 Å². The number of carbonyl (C=O) groups is 1. The summed E-state index contributed by atoms with van der Waals surface area (Å²) in [4.78, 5) is 11.7. The molecule has 1 fully saturated rings. The Bertz CT molecular complexity index is 394. The highest BCUT2D eigenvalue weighted by Gasteiger charge is 2.16. The second kappa shape index (κ2) is 7.17. The van der Waals surface area contributed by atoms with Gasteiger partial charge in [-0.1, -0.05) is 31.9 Å². The number of benzene rings is 1. The van der Waals surface area contributed by atoms with Gasteiger partial charge in [0.1, 0.15) is 5.75 Å².